The van der Waals surface area contributed by atoms with Gasteiger partial charge in [0.05, 0.1) is 4.90 Å². The second-order valence-electron chi connectivity index (χ2n) is 5.40. The average Bonchev–Trinajstić information content (AvgIpc) is 2.68. The third-order valence-electron chi connectivity index (χ3n) is 3.03. The largest absolute Gasteiger partial charge is 0.348 e. The first-order valence-corrected chi connectivity index (χ1v) is 7.91. The first kappa shape index (κ1) is 15.5. The van der Waals surface area contributed by atoms with Crippen molar-refractivity contribution in [1.82, 2.24) is 10.0 Å². The van der Waals surface area contributed by atoms with E-state index in [9.17, 15) is 13.2 Å². The predicted molar refractivity (Wildman–Crippen MR) is 79.4 cm³/mol. The SMILES string of the molecule is CC(C)(CN)NC(=O)CN=C1NS(=O)(=O)c2ccccc21. The summed E-state index contributed by atoms with van der Waals surface area (Å²) < 4.78 is 26.1. The molecule has 0 aromatic heterocycles. The Morgan fingerprint density at radius 1 is 1.38 bits per heavy atom. The first-order chi connectivity index (χ1) is 9.75. The van der Waals surface area contributed by atoms with Crippen molar-refractivity contribution in [3.05, 3.63) is 29.8 Å². The molecule has 8 heteroatoms. The number of rotatable bonds is 4. The van der Waals surface area contributed by atoms with Crippen LogP contribution in [0, 0.1) is 0 Å². The Morgan fingerprint density at radius 3 is 2.71 bits per heavy atom. The number of hydrogen-bond donors (Lipinski definition) is 3. The summed E-state index contributed by atoms with van der Waals surface area (Å²) in [5.41, 5.74) is 5.48. The predicted octanol–water partition coefficient (Wildman–Crippen LogP) is -0.421. The van der Waals surface area contributed by atoms with Crippen LogP contribution in [0.2, 0.25) is 0 Å². The molecule has 1 heterocycles. The van der Waals surface area contributed by atoms with Crippen molar-refractivity contribution in [3.63, 3.8) is 0 Å². The molecular weight excluding hydrogens is 292 g/mol. The number of nitrogens with two attached hydrogens (primary N) is 1. The van der Waals surface area contributed by atoms with Crippen LogP contribution in [0.25, 0.3) is 0 Å². The van der Waals surface area contributed by atoms with E-state index in [-0.39, 0.29) is 23.2 Å². The molecule has 1 aliphatic rings. The van der Waals surface area contributed by atoms with Gasteiger partial charge in [0.15, 0.2) is 0 Å². The van der Waals surface area contributed by atoms with E-state index in [1.807, 2.05) is 0 Å². The van der Waals surface area contributed by atoms with Gasteiger partial charge in [-0.15, -0.1) is 0 Å². The van der Waals surface area contributed by atoms with Crippen molar-refractivity contribution >= 4 is 21.8 Å². The Bertz CT molecular complexity index is 695. The van der Waals surface area contributed by atoms with E-state index in [4.69, 9.17) is 5.73 Å². The summed E-state index contributed by atoms with van der Waals surface area (Å²) in [6.07, 6.45) is 0. The quantitative estimate of drug-likeness (QED) is 0.700. The molecule has 21 heavy (non-hydrogen) atoms. The smallest absolute Gasteiger partial charge is 0.263 e. The second kappa shape index (κ2) is 5.45. The first-order valence-electron chi connectivity index (χ1n) is 6.43. The number of fused-ring (bicyclic) bond motifs is 1. The van der Waals surface area contributed by atoms with Crippen LogP contribution in [0.3, 0.4) is 0 Å². The fourth-order valence-corrected chi connectivity index (χ4v) is 3.12. The minimum Gasteiger partial charge on any atom is -0.348 e. The monoisotopic (exact) mass is 310 g/mol. The lowest BCUT2D eigenvalue weighted by molar-refractivity contribution is -0.121. The molecule has 0 bridgehead atoms. The summed E-state index contributed by atoms with van der Waals surface area (Å²) in [6, 6.07) is 6.50. The zero-order valence-corrected chi connectivity index (χ0v) is 12.7. The molecule has 0 saturated carbocycles. The van der Waals surface area contributed by atoms with Crippen LogP contribution in [0.4, 0.5) is 0 Å². The zero-order chi connectivity index (χ0) is 15.7. The van der Waals surface area contributed by atoms with Crippen LogP contribution >= 0.6 is 0 Å². The Hall–Kier alpha value is -1.93. The average molecular weight is 310 g/mol. The highest BCUT2D eigenvalue weighted by molar-refractivity contribution is 7.90. The van der Waals surface area contributed by atoms with Gasteiger partial charge in [-0.25, -0.2) is 8.42 Å². The number of nitrogens with one attached hydrogen (secondary N) is 2. The molecule has 0 radical (unpaired) electrons. The van der Waals surface area contributed by atoms with E-state index in [2.05, 4.69) is 15.0 Å². The van der Waals surface area contributed by atoms with Crippen LogP contribution in [0.15, 0.2) is 34.2 Å². The molecule has 2 rings (SSSR count). The number of sulfonamides is 1. The molecule has 0 fully saturated rings. The van der Waals surface area contributed by atoms with Gasteiger partial charge in [-0.2, -0.15) is 0 Å². The third-order valence-corrected chi connectivity index (χ3v) is 4.43. The van der Waals surface area contributed by atoms with Crippen molar-refractivity contribution in [3.8, 4) is 0 Å². The number of amidine groups is 1. The van der Waals surface area contributed by atoms with E-state index in [0.717, 1.165) is 0 Å². The van der Waals surface area contributed by atoms with Gasteiger partial charge < -0.3 is 11.1 Å². The van der Waals surface area contributed by atoms with Gasteiger partial charge in [0, 0.05) is 17.6 Å². The van der Waals surface area contributed by atoms with Gasteiger partial charge in [-0.05, 0) is 26.0 Å². The standard InChI is InChI=1S/C13H18N4O3S/c1-13(2,8-14)16-11(18)7-15-12-9-5-3-4-6-10(9)21(19,20)17-12/h3-6H,7-8,14H2,1-2H3,(H,15,17)(H,16,18). The van der Waals surface area contributed by atoms with Crippen LogP contribution < -0.4 is 15.8 Å². The lowest BCUT2D eigenvalue weighted by Crippen LogP contribution is -2.49. The van der Waals surface area contributed by atoms with E-state index < -0.39 is 15.6 Å². The summed E-state index contributed by atoms with van der Waals surface area (Å²) >= 11 is 0. The number of aliphatic imine (C=N–C) groups is 1. The third kappa shape index (κ3) is 3.40. The summed E-state index contributed by atoms with van der Waals surface area (Å²) in [5, 5.41) is 2.73. The Kier molecular flexibility index (Phi) is 4.02. The van der Waals surface area contributed by atoms with E-state index in [1.165, 1.54) is 6.07 Å². The lowest BCUT2D eigenvalue weighted by atomic mass is 10.1. The molecule has 0 saturated heterocycles. The highest BCUT2D eigenvalue weighted by atomic mass is 32.2. The highest BCUT2D eigenvalue weighted by Crippen LogP contribution is 2.21. The molecule has 0 unspecified atom stereocenters. The topological polar surface area (TPSA) is 114 Å². The van der Waals surface area contributed by atoms with Gasteiger partial charge >= 0.3 is 0 Å². The molecule has 0 atom stereocenters. The minimum atomic E-state index is -3.57. The molecule has 1 amide bonds. The number of amides is 1. The van der Waals surface area contributed by atoms with Gasteiger partial charge in [-0.1, -0.05) is 12.1 Å². The number of carbonyl (C=O) groups is 1. The Balaban J connectivity index is 2.16. The molecule has 114 valence electrons. The fourth-order valence-electron chi connectivity index (χ4n) is 1.87. The van der Waals surface area contributed by atoms with Crippen molar-refractivity contribution in [1.29, 1.82) is 0 Å². The molecule has 4 N–H and O–H groups in total. The Labute approximate surface area is 123 Å². The molecule has 0 spiro atoms. The van der Waals surface area contributed by atoms with Crippen molar-refractivity contribution < 1.29 is 13.2 Å². The van der Waals surface area contributed by atoms with Crippen LogP contribution in [-0.4, -0.2) is 38.8 Å². The normalized spacial score (nSPS) is 18.1. The van der Waals surface area contributed by atoms with E-state index in [0.29, 0.717) is 12.1 Å². The molecule has 7 nitrogen and oxygen atoms in total. The highest BCUT2D eigenvalue weighted by Gasteiger charge is 2.30. The summed E-state index contributed by atoms with van der Waals surface area (Å²) in [4.78, 5) is 16.0. The number of nitrogens with zero attached hydrogens (tertiary/aromatic N) is 1. The molecule has 1 aromatic rings. The van der Waals surface area contributed by atoms with Gasteiger partial charge in [0.2, 0.25) is 5.91 Å². The molecule has 0 aliphatic carbocycles. The molecule has 1 aliphatic heterocycles. The maximum absolute atomic E-state index is 11.9. The van der Waals surface area contributed by atoms with Gasteiger partial charge in [-0.3, -0.25) is 14.5 Å². The summed E-state index contributed by atoms with van der Waals surface area (Å²) in [6.45, 7) is 3.72. The van der Waals surface area contributed by atoms with Gasteiger partial charge in [0.25, 0.3) is 10.0 Å². The van der Waals surface area contributed by atoms with Crippen LogP contribution in [-0.2, 0) is 14.8 Å². The van der Waals surface area contributed by atoms with Crippen molar-refractivity contribution in [2.24, 2.45) is 10.7 Å². The maximum atomic E-state index is 11.9. The second-order valence-corrected chi connectivity index (χ2v) is 7.05. The van der Waals surface area contributed by atoms with E-state index in [1.54, 1.807) is 32.0 Å². The van der Waals surface area contributed by atoms with E-state index >= 15 is 0 Å². The summed E-state index contributed by atoms with van der Waals surface area (Å²) in [5.74, 6) is -0.132. The summed E-state index contributed by atoms with van der Waals surface area (Å²) in [7, 11) is -3.57. The van der Waals surface area contributed by atoms with Crippen molar-refractivity contribution in [2.75, 3.05) is 13.1 Å². The van der Waals surface area contributed by atoms with Crippen LogP contribution in [0.5, 0.6) is 0 Å². The number of hydrogen-bond acceptors (Lipinski definition) is 5. The zero-order valence-electron chi connectivity index (χ0n) is 11.9. The van der Waals surface area contributed by atoms with Crippen LogP contribution in [0.1, 0.15) is 19.4 Å². The van der Waals surface area contributed by atoms with Gasteiger partial charge in [0.1, 0.15) is 12.4 Å². The molecule has 1 aromatic carbocycles. The fraction of sp³-hybridized carbons (Fsp3) is 0.385. The molecular formula is C13H18N4O3S. The number of benzene rings is 1. The van der Waals surface area contributed by atoms with Crippen molar-refractivity contribution in [2.45, 2.75) is 24.3 Å². The Morgan fingerprint density at radius 2 is 2.05 bits per heavy atom. The minimum absolute atomic E-state index is 0.171. The maximum Gasteiger partial charge on any atom is 0.263 e. The lowest BCUT2D eigenvalue weighted by Gasteiger charge is -2.23. The number of carbonyl (C=O) groups excluding carboxylic acids is 1.